The molecule has 1 fully saturated rings. The van der Waals surface area contributed by atoms with E-state index >= 15 is 0 Å². The Labute approximate surface area is 444 Å². The van der Waals surface area contributed by atoms with E-state index in [1.807, 2.05) is 18.3 Å². The summed E-state index contributed by atoms with van der Waals surface area (Å²) in [6.45, 7) is 2.20. The van der Waals surface area contributed by atoms with E-state index in [9.17, 15) is 0 Å². The van der Waals surface area contributed by atoms with Crippen LogP contribution < -0.4 is 4.74 Å². The van der Waals surface area contributed by atoms with Crippen LogP contribution in [-0.4, -0.2) is 18.7 Å². The monoisotopic (exact) mass is 1140 g/mol. The van der Waals surface area contributed by atoms with Crippen molar-refractivity contribution in [1.29, 1.82) is 0 Å². The van der Waals surface area contributed by atoms with Gasteiger partial charge in [-0.2, -0.15) is 0 Å². The Bertz CT molecular complexity index is 3930. The van der Waals surface area contributed by atoms with Crippen LogP contribution in [0.2, 0.25) is 0 Å². The molecular weight excluding hydrogens is 1080 g/mol. The molecule has 14 rings (SSSR count). The van der Waals surface area contributed by atoms with Crippen molar-refractivity contribution in [3.63, 3.8) is 0 Å². The molecule has 8 aromatic carbocycles. The van der Waals surface area contributed by atoms with Gasteiger partial charge in [0.05, 0.1) is 0 Å². The molecule has 0 saturated heterocycles. The summed E-state index contributed by atoms with van der Waals surface area (Å²) in [5.41, 5.74) is 21.5. The Hall–Kier alpha value is -7.33. The van der Waals surface area contributed by atoms with Gasteiger partial charge in [0.15, 0.2) is 0 Å². The Balaban J connectivity index is 0.871. The zero-order valence-corrected chi connectivity index (χ0v) is 44.0. The molecule has 5 nitrogen and oxygen atoms in total. The summed E-state index contributed by atoms with van der Waals surface area (Å²) in [5.74, 6) is 3.39. The van der Waals surface area contributed by atoms with Crippen molar-refractivity contribution in [3.8, 4) is 62.1 Å². The third-order valence-electron chi connectivity index (χ3n) is 16.5. The van der Waals surface area contributed by atoms with Gasteiger partial charge >= 0.3 is 337 Å². The van der Waals surface area contributed by atoms with Crippen LogP contribution in [0.4, 0.5) is 0 Å². The van der Waals surface area contributed by atoms with E-state index in [0.29, 0.717) is 23.3 Å². The number of fused-ring (bicyclic) bond motifs is 4. The van der Waals surface area contributed by atoms with Gasteiger partial charge in [-0.05, 0) is 42.4 Å². The maximum atomic E-state index is 6.83. The molecule has 0 atom stereocenters. The normalized spacial score (nSPS) is 15.0. The van der Waals surface area contributed by atoms with Gasteiger partial charge in [0.2, 0.25) is 0 Å². The third kappa shape index (κ3) is 7.69. The number of benzene rings is 8. The summed E-state index contributed by atoms with van der Waals surface area (Å²) in [4.78, 5) is 5.16. The molecule has 11 aromatic rings. The first-order valence-electron chi connectivity index (χ1n) is 26.8. The van der Waals surface area contributed by atoms with Gasteiger partial charge in [0.25, 0.3) is 0 Å². The number of hydrogen-bond acceptors (Lipinski definition) is 2. The van der Waals surface area contributed by atoms with Crippen molar-refractivity contribution in [3.05, 3.63) is 220 Å². The van der Waals surface area contributed by atoms with E-state index in [1.165, 1.54) is 102 Å². The topological polar surface area (TPSA) is 36.9 Å². The molecule has 0 bridgehead atoms. The summed E-state index contributed by atoms with van der Waals surface area (Å²) < 4.78 is 15.0. The van der Waals surface area contributed by atoms with Crippen LogP contribution in [0.1, 0.15) is 97.4 Å². The number of ether oxygens (including phenoxy) is 1. The Morgan fingerprint density at radius 1 is 0.527 bits per heavy atom. The molecule has 6 heteroatoms. The van der Waals surface area contributed by atoms with Gasteiger partial charge in [0, 0.05) is 11.8 Å². The molecule has 0 unspecified atom stereocenters. The van der Waals surface area contributed by atoms with Gasteiger partial charge in [-0.3, -0.25) is 0 Å². The SMILES string of the molecule is Cc1cc(-n2c3[c-]c(Oc4[c-]c(-n5[c](=[Pt])n(-c6c(-c7ccccc7)c7c8c(c6-c6ccccc6)CCCC8CCC7)c6ccccc65)ccc4)ccc3c3ccccc32)ncc1-c1ccc(C2CCCCC2)cc1. The molecule has 0 spiro atoms. The van der Waals surface area contributed by atoms with Crippen molar-refractivity contribution in [2.75, 3.05) is 0 Å². The van der Waals surface area contributed by atoms with Crippen molar-refractivity contribution >= 4 is 32.8 Å². The number of hydrogen-bond donors (Lipinski definition) is 0. The van der Waals surface area contributed by atoms with Crippen LogP contribution >= 0.6 is 0 Å². The van der Waals surface area contributed by atoms with E-state index in [0.717, 1.165) is 66.6 Å². The first-order chi connectivity index (χ1) is 36.6. The molecule has 3 aliphatic rings. The number of nitrogens with zero attached hydrogens (tertiary/aromatic N) is 4. The summed E-state index contributed by atoms with van der Waals surface area (Å²) in [5, 5.41) is 2.25. The van der Waals surface area contributed by atoms with Crippen molar-refractivity contribution in [2.24, 2.45) is 0 Å². The molecule has 74 heavy (non-hydrogen) atoms. The minimum atomic E-state index is 0.609. The second kappa shape index (κ2) is 18.9. The standard InChI is InChI=1S/C68H56N4O.Pt/c1-45-40-64(69-43-59(45)48-36-34-47(35-37-48)46-18-5-2-6-19-46)72-60-31-12-11-28-55(60)56-39-38-54(42-63(56)72)73-53-27-17-26-52(41-53)70-44-71(62-33-14-13-32-61(62)70)68-66(50-20-7-3-8-21-50)57-29-15-24-49-25-16-30-58(65(49)57)67(68)51-22-9-4-10-23-51;/h3-4,7-14,17,20-23,26-28,31-40,43,46,49H,2,5-6,15-16,18-19,24-25,29-30H2,1H3;/q-2;. The number of pyridine rings is 1. The minimum absolute atomic E-state index is 0.609. The quantitative estimate of drug-likeness (QED) is 0.135. The van der Waals surface area contributed by atoms with Gasteiger partial charge in [-0.1, -0.05) is 55.7 Å². The van der Waals surface area contributed by atoms with E-state index in [-0.39, 0.29) is 0 Å². The number of aromatic nitrogens is 4. The van der Waals surface area contributed by atoms with E-state index < -0.39 is 0 Å². The molecule has 1 saturated carbocycles. The molecule has 0 N–H and O–H groups in total. The average Bonchev–Trinajstić information content (AvgIpc) is 4.00. The number of rotatable bonds is 9. The van der Waals surface area contributed by atoms with Crippen molar-refractivity contribution in [2.45, 2.75) is 89.4 Å². The van der Waals surface area contributed by atoms with E-state index in [1.54, 1.807) is 16.7 Å². The fourth-order valence-electron chi connectivity index (χ4n) is 13.2. The first kappa shape index (κ1) is 45.3. The van der Waals surface area contributed by atoms with Gasteiger partial charge < -0.3 is 0 Å². The summed E-state index contributed by atoms with van der Waals surface area (Å²) in [6.07, 6.45) is 15.9. The fourth-order valence-corrected chi connectivity index (χ4v) is 14.3. The molecule has 0 radical (unpaired) electrons. The van der Waals surface area contributed by atoms with Crippen LogP contribution in [0.25, 0.3) is 83.4 Å². The van der Waals surface area contributed by atoms with Crippen molar-refractivity contribution < 1.29 is 24.1 Å². The molecule has 0 amide bonds. The Morgan fingerprint density at radius 2 is 1.15 bits per heavy atom. The number of imidazole rings is 1. The summed E-state index contributed by atoms with van der Waals surface area (Å²) in [6, 6.07) is 69.2. The van der Waals surface area contributed by atoms with Crippen LogP contribution in [0.5, 0.6) is 11.5 Å². The summed E-state index contributed by atoms with van der Waals surface area (Å²) in [7, 11) is 0. The first-order valence-corrected chi connectivity index (χ1v) is 27.9. The number of aryl methyl sites for hydroxylation is 1. The van der Waals surface area contributed by atoms with Gasteiger partial charge in [-0.15, -0.1) is 0 Å². The second-order valence-corrected chi connectivity index (χ2v) is 21.9. The summed E-state index contributed by atoms with van der Waals surface area (Å²) >= 11 is 2.57. The molecular formula is C68H56N4OPt-2. The van der Waals surface area contributed by atoms with Crippen LogP contribution in [0, 0.1) is 22.9 Å². The van der Waals surface area contributed by atoms with E-state index in [4.69, 9.17) is 9.72 Å². The van der Waals surface area contributed by atoms with Gasteiger partial charge in [0.1, 0.15) is 0 Å². The molecule has 0 aliphatic heterocycles. The zero-order chi connectivity index (χ0) is 49.3. The third-order valence-corrected chi connectivity index (χ3v) is 17.6. The average molecular weight is 1140 g/mol. The molecule has 3 aromatic heterocycles. The molecule has 3 aliphatic carbocycles. The Morgan fingerprint density at radius 3 is 1.84 bits per heavy atom. The Kier molecular flexibility index (Phi) is 11.5. The predicted octanol–water partition coefficient (Wildman–Crippen LogP) is 17.5. The predicted molar refractivity (Wildman–Crippen MR) is 298 cm³/mol. The van der Waals surface area contributed by atoms with Crippen LogP contribution in [0.3, 0.4) is 0 Å². The smallest absolute Gasteiger partial charge is 0.0581 e. The fraction of sp³-hybridized carbons (Fsp3) is 0.206. The number of para-hydroxylation sites is 3. The van der Waals surface area contributed by atoms with Crippen molar-refractivity contribution in [1.82, 2.24) is 18.7 Å². The second-order valence-electron chi connectivity index (χ2n) is 20.8. The van der Waals surface area contributed by atoms with Gasteiger partial charge in [-0.25, -0.2) is 0 Å². The van der Waals surface area contributed by atoms with Crippen LogP contribution in [0.15, 0.2) is 176 Å². The molecule has 366 valence electrons. The maximum absolute atomic E-state index is 6.83. The zero-order valence-electron chi connectivity index (χ0n) is 41.7. The van der Waals surface area contributed by atoms with Crippen LogP contribution in [-0.2, 0) is 32.2 Å². The van der Waals surface area contributed by atoms with E-state index in [2.05, 4.69) is 210 Å². The molecule has 3 heterocycles. The minimum Gasteiger partial charge on any atom is -0.0581 e.